The summed E-state index contributed by atoms with van der Waals surface area (Å²) in [7, 11) is 0. The summed E-state index contributed by atoms with van der Waals surface area (Å²) in [6.45, 7) is 5.45. The summed E-state index contributed by atoms with van der Waals surface area (Å²) in [4.78, 5) is 9.92. The van der Waals surface area contributed by atoms with Crippen LogP contribution in [0.4, 0.5) is 0 Å². The van der Waals surface area contributed by atoms with Gasteiger partial charge in [-0.05, 0) is 18.6 Å². The first kappa shape index (κ1) is 16.1. The van der Waals surface area contributed by atoms with Crippen molar-refractivity contribution in [3.63, 3.8) is 0 Å². The van der Waals surface area contributed by atoms with E-state index in [2.05, 4.69) is 20.0 Å². The number of imidazole rings is 1. The minimum absolute atomic E-state index is 0.566. The Morgan fingerprint density at radius 1 is 1.24 bits per heavy atom. The second kappa shape index (κ2) is 6.82. The van der Waals surface area contributed by atoms with Crippen molar-refractivity contribution in [2.45, 2.75) is 39.1 Å². The molecule has 0 saturated carbocycles. The van der Waals surface area contributed by atoms with Crippen molar-refractivity contribution >= 4 is 0 Å². The van der Waals surface area contributed by atoms with Gasteiger partial charge in [-0.25, -0.2) is 4.98 Å². The first-order chi connectivity index (χ1) is 12.2. The zero-order chi connectivity index (χ0) is 17.2. The molecular weight excluding hydrogens is 314 g/mol. The van der Waals surface area contributed by atoms with E-state index in [1.807, 2.05) is 54.2 Å². The number of aromatic amines is 1. The van der Waals surface area contributed by atoms with Crippen LogP contribution in [0.2, 0.25) is 0 Å². The highest BCUT2D eigenvalue weighted by atomic mass is 16.3. The van der Waals surface area contributed by atoms with E-state index in [1.54, 1.807) is 0 Å². The van der Waals surface area contributed by atoms with Gasteiger partial charge >= 0.3 is 0 Å². The second-order valence-electron chi connectivity index (χ2n) is 6.69. The SMILES string of the molecule is Cc1ncc(CN2CCn3nc(C(O)Cc4ccccc4)cc3C2)[nH]1. The summed E-state index contributed by atoms with van der Waals surface area (Å²) < 4.78 is 2.03. The van der Waals surface area contributed by atoms with Crippen molar-refractivity contribution < 1.29 is 5.11 Å². The predicted octanol–water partition coefficient (Wildman–Crippen LogP) is 2.21. The Kier molecular flexibility index (Phi) is 4.38. The highest BCUT2D eigenvalue weighted by Crippen LogP contribution is 2.22. The van der Waals surface area contributed by atoms with Crippen LogP contribution >= 0.6 is 0 Å². The van der Waals surface area contributed by atoms with E-state index < -0.39 is 6.10 Å². The van der Waals surface area contributed by atoms with E-state index in [9.17, 15) is 5.11 Å². The number of H-pyrrole nitrogens is 1. The number of benzene rings is 1. The zero-order valence-corrected chi connectivity index (χ0v) is 14.4. The fourth-order valence-corrected chi connectivity index (χ4v) is 3.38. The predicted molar refractivity (Wildman–Crippen MR) is 94.8 cm³/mol. The van der Waals surface area contributed by atoms with Gasteiger partial charge in [0.25, 0.3) is 0 Å². The van der Waals surface area contributed by atoms with Crippen LogP contribution in [0.1, 0.15) is 34.6 Å². The molecule has 0 bridgehead atoms. The molecule has 0 radical (unpaired) electrons. The van der Waals surface area contributed by atoms with Gasteiger partial charge in [-0.2, -0.15) is 5.10 Å². The Labute approximate surface area is 147 Å². The first-order valence-electron chi connectivity index (χ1n) is 8.69. The molecule has 0 aliphatic carbocycles. The molecule has 3 heterocycles. The molecule has 6 heteroatoms. The van der Waals surface area contributed by atoms with Crippen LogP contribution in [0.15, 0.2) is 42.6 Å². The number of aryl methyl sites for hydroxylation is 1. The standard InChI is InChI=1S/C19H23N5O/c1-14-20-11-16(21-14)12-23-7-8-24-17(13-23)10-18(22-24)19(25)9-15-5-3-2-4-6-15/h2-6,10-11,19,25H,7-9,12-13H2,1H3,(H,20,21). The topological polar surface area (TPSA) is 70.0 Å². The molecule has 0 saturated heterocycles. The molecule has 4 rings (SSSR count). The van der Waals surface area contributed by atoms with Crippen LogP contribution in [-0.4, -0.2) is 36.3 Å². The van der Waals surface area contributed by atoms with E-state index in [0.29, 0.717) is 6.42 Å². The molecule has 1 aliphatic rings. The number of aliphatic hydroxyl groups excluding tert-OH is 1. The highest BCUT2D eigenvalue weighted by molar-refractivity contribution is 5.20. The van der Waals surface area contributed by atoms with Crippen molar-refractivity contribution in [3.05, 3.63) is 71.1 Å². The van der Waals surface area contributed by atoms with E-state index in [-0.39, 0.29) is 0 Å². The Morgan fingerprint density at radius 3 is 2.84 bits per heavy atom. The summed E-state index contributed by atoms with van der Waals surface area (Å²) in [6, 6.07) is 12.1. The molecule has 1 unspecified atom stereocenters. The van der Waals surface area contributed by atoms with Crippen LogP contribution in [-0.2, 0) is 26.1 Å². The highest BCUT2D eigenvalue weighted by Gasteiger charge is 2.21. The Morgan fingerprint density at radius 2 is 2.08 bits per heavy atom. The summed E-state index contributed by atoms with van der Waals surface area (Å²) >= 11 is 0. The number of hydrogen-bond acceptors (Lipinski definition) is 4. The minimum Gasteiger partial charge on any atom is -0.386 e. The molecule has 1 atom stereocenters. The maximum absolute atomic E-state index is 10.5. The monoisotopic (exact) mass is 337 g/mol. The van der Waals surface area contributed by atoms with E-state index >= 15 is 0 Å². The number of aliphatic hydroxyl groups is 1. The fourth-order valence-electron chi connectivity index (χ4n) is 3.38. The Bertz CT molecular complexity index is 839. The van der Waals surface area contributed by atoms with Crippen molar-refractivity contribution in [2.24, 2.45) is 0 Å². The van der Waals surface area contributed by atoms with Gasteiger partial charge in [-0.15, -0.1) is 0 Å². The van der Waals surface area contributed by atoms with Crippen molar-refractivity contribution in [1.29, 1.82) is 0 Å². The number of aromatic nitrogens is 4. The molecule has 3 aromatic rings. The van der Waals surface area contributed by atoms with Gasteiger partial charge in [-0.1, -0.05) is 30.3 Å². The first-order valence-corrected chi connectivity index (χ1v) is 8.69. The summed E-state index contributed by atoms with van der Waals surface area (Å²) in [6.07, 6.45) is 1.93. The van der Waals surface area contributed by atoms with E-state index in [4.69, 9.17) is 0 Å². The summed E-state index contributed by atoms with van der Waals surface area (Å²) in [5, 5.41) is 15.1. The maximum atomic E-state index is 10.5. The maximum Gasteiger partial charge on any atom is 0.103 e. The number of nitrogens with zero attached hydrogens (tertiary/aromatic N) is 4. The molecule has 2 aromatic heterocycles. The van der Waals surface area contributed by atoms with Crippen LogP contribution in [0.5, 0.6) is 0 Å². The van der Waals surface area contributed by atoms with Crippen molar-refractivity contribution in [3.8, 4) is 0 Å². The zero-order valence-electron chi connectivity index (χ0n) is 14.4. The Balaban J connectivity index is 1.43. The molecule has 25 heavy (non-hydrogen) atoms. The van der Waals surface area contributed by atoms with Gasteiger partial charge in [0.05, 0.1) is 17.9 Å². The molecule has 6 nitrogen and oxygen atoms in total. The van der Waals surface area contributed by atoms with Crippen molar-refractivity contribution in [2.75, 3.05) is 6.54 Å². The quantitative estimate of drug-likeness (QED) is 0.749. The van der Waals surface area contributed by atoms with Gasteiger partial charge in [0.1, 0.15) is 11.9 Å². The molecule has 0 spiro atoms. The lowest BCUT2D eigenvalue weighted by Gasteiger charge is -2.26. The number of fused-ring (bicyclic) bond motifs is 1. The lowest BCUT2D eigenvalue weighted by atomic mass is 10.1. The van der Waals surface area contributed by atoms with Crippen LogP contribution < -0.4 is 0 Å². The second-order valence-corrected chi connectivity index (χ2v) is 6.69. The largest absolute Gasteiger partial charge is 0.386 e. The van der Waals surface area contributed by atoms with Crippen LogP contribution in [0, 0.1) is 6.92 Å². The molecule has 130 valence electrons. The average Bonchev–Trinajstić information content (AvgIpc) is 3.21. The van der Waals surface area contributed by atoms with E-state index in [1.165, 1.54) is 0 Å². The van der Waals surface area contributed by atoms with Gasteiger partial charge in [0.2, 0.25) is 0 Å². The molecule has 1 aliphatic heterocycles. The third-order valence-corrected chi connectivity index (χ3v) is 4.66. The number of hydrogen-bond donors (Lipinski definition) is 2. The Hall–Kier alpha value is -2.44. The molecule has 0 fully saturated rings. The number of nitrogens with one attached hydrogen (secondary N) is 1. The summed E-state index contributed by atoms with van der Waals surface area (Å²) in [5.74, 6) is 0.948. The third-order valence-electron chi connectivity index (χ3n) is 4.66. The molecule has 0 amide bonds. The lowest BCUT2D eigenvalue weighted by Crippen LogP contribution is -2.33. The smallest absolute Gasteiger partial charge is 0.103 e. The minimum atomic E-state index is -0.566. The van der Waals surface area contributed by atoms with Crippen LogP contribution in [0.25, 0.3) is 0 Å². The van der Waals surface area contributed by atoms with Gasteiger partial charge in [-0.3, -0.25) is 9.58 Å². The normalized spacial score (nSPS) is 15.9. The number of rotatable bonds is 5. The third kappa shape index (κ3) is 3.65. The lowest BCUT2D eigenvalue weighted by molar-refractivity contribution is 0.171. The molecule has 1 aromatic carbocycles. The average molecular weight is 337 g/mol. The fraction of sp³-hybridized carbons (Fsp3) is 0.368. The van der Waals surface area contributed by atoms with Crippen LogP contribution in [0.3, 0.4) is 0 Å². The van der Waals surface area contributed by atoms with E-state index in [0.717, 1.165) is 54.6 Å². The van der Waals surface area contributed by atoms with Gasteiger partial charge in [0.15, 0.2) is 0 Å². The summed E-state index contributed by atoms with van der Waals surface area (Å²) in [5.41, 5.74) is 4.18. The molecular formula is C19H23N5O. The van der Waals surface area contributed by atoms with Crippen molar-refractivity contribution in [1.82, 2.24) is 24.6 Å². The molecule has 2 N–H and O–H groups in total. The van der Waals surface area contributed by atoms with Gasteiger partial charge < -0.3 is 10.1 Å². The van der Waals surface area contributed by atoms with Gasteiger partial charge in [0, 0.05) is 37.9 Å².